The van der Waals surface area contributed by atoms with Crippen LogP contribution in [0.5, 0.6) is 11.5 Å². The Bertz CT molecular complexity index is 2030. The van der Waals surface area contributed by atoms with Crippen LogP contribution in [-0.4, -0.2) is 42.4 Å². The second-order valence-electron chi connectivity index (χ2n) is 12.3. The third kappa shape index (κ3) is 7.36. The molecule has 2 atom stereocenters. The van der Waals surface area contributed by atoms with Crippen molar-refractivity contribution in [3.8, 4) is 23.3 Å². The van der Waals surface area contributed by atoms with E-state index in [9.17, 15) is 13.2 Å². The number of hydrogen-bond donors (Lipinski definition) is 1. The first-order chi connectivity index (χ1) is 24.4. The summed E-state index contributed by atoms with van der Waals surface area (Å²) >= 11 is 0. The Morgan fingerprint density at radius 3 is 1.90 bits per heavy atom. The van der Waals surface area contributed by atoms with E-state index in [-0.39, 0.29) is 23.8 Å². The van der Waals surface area contributed by atoms with E-state index in [0.717, 1.165) is 16.7 Å². The minimum atomic E-state index is -4.78. The van der Waals surface area contributed by atoms with Crippen molar-refractivity contribution < 1.29 is 31.8 Å². The van der Waals surface area contributed by atoms with Crippen molar-refractivity contribution >= 4 is 11.8 Å². The van der Waals surface area contributed by atoms with E-state index in [1.165, 1.54) is 37.5 Å². The molecule has 0 saturated heterocycles. The van der Waals surface area contributed by atoms with Crippen LogP contribution in [0, 0.1) is 17.7 Å². The zero-order valence-corrected chi connectivity index (χ0v) is 28.0. The highest BCUT2D eigenvalue weighted by Crippen LogP contribution is 2.47. The van der Waals surface area contributed by atoms with Gasteiger partial charge in [0.15, 0.2) is 12.0 Å². The fourth-order valence-electron chi connectivity index (χ4n) is 6.42. The molecule has 7 nitrogen and oxygen atoms in total. The minimum Gasteiger partial charge on any atom is -0.497 e. The predicted octanol–water partition coefficient (Wildman–Crippen LogP) is 8.00. The largest absolute Gasteiger partial charge is 0.497 e. The molecular formula is C40H34F4N4O3. The molecule has 4 aromatic carbocycles. The number of alkyl halides is 3. The molecule has 260 valence electrons. The van der Waals surface area contributed by atoms with Crippen LogP contribution in [0.4, 0.5) is 23.5 Å². The van der Waals surface area contributed by atoms with Gasteiger partial charge in [0.1, 0.15) is 17.3 Å². The maximum absolute atomic E-state index is 15.7. The molecule has 0 amide bonds. The van der Waals surface area contributed by atoms with Gasteiger partial charge in [0, 0.05) is 36.4 Å². The zero-order valence-electron chi connectivity index (χ0n) is 28.0. The Morgan fingerprint density at radius 2 is 1.35 bits per heavy atom. The lowest BCUT2D eigenvalue weighted by atomic mass is 9.67. The van der Waals surface area contributed by atoms with Crippen LogP contribution < -0.4 is 15.2 Å². The number of ether oxygens (including phenoxy) is 3. The van der Waals surface area contributed by atoms with E-state index in [2.05, 4.69) is 21.8 Å². The summed E-state index contributed by atoms with van der Waals surface area (Å²) in [7, 11) is 3.11. The normalized spacial score (nSPS) is 17.4. The lowest BCUT2D eigenvalue weighted by Crippen LogP contribution is -2.46. The van der Waals surface area contributed by atoms with Crippen molar-refractivity contribution in [1.82, 2.24) is 9.97 Å². The lowest BCUT2D eigenvalue weighted by Gasteiger charge is -2.41. The highest BCUT2D eigenvalue weighted by Gasteiger charge is 2.51. The maximum atomic E-state index is 15.7. The van der Waals surface area contributed by atoms with E-state index < -0.39 is 35.5 Å². The average molecular weight is 695 g/mol. The van der Waals surface area contributed by atoms with Gasteiger partial charge in [-0.1, -0.05) is 66.4 Å². The van der Waals surface area contributed by atoms with Crippen molar-refractivity contribution in [2.45, 2.75) is 43.0 Å². The first-order valence-corrected chi connectivity index (χ1v) is 16.0. The van der Waals surface area contributed by atoms with E-state index >= 15 is 4.39 Å². The first-order valence-electron chi connectivity index (χ1n) is 16.0. The number of aromatic nitrogens is 2. The van der Waals surface area contributed by atoms with Crippen LogP contribution >= 0.6 is 0 Å². The summed E-state index contributed by atoms with van der Waals surface area (Å²) in [5, 5.41) is 0. The Morgan fingerprint density at radius 1 is 0.804 bits per heavy atom. The van der Waals surface area contributed by atoms with E-state index in [0.29, 0.717) is 22.6 Å². The number of nitrogens with two attached hydrogens (primary N) is 1. The lowest BCUT2D eigenvalue weighted by molar-refractivity contribution is -0.208. The number of benzene rings is 4. The molecule has 1 aromatic heterocycles. The van der Waals surface area contributed by atoms with Crippen molar-refractivity contribution in [1.29, 1.82) is 0 Å². The van der Waals surface area contributed by atoms with Gasteiger partial charge in [-0.2, -0.15) is 13.2 Å². The number of halogens is 4. The molecule has 6 rings (SSSR count). The molecule has 2 heterocycles. The van der Waals surface area contributed by atoms with E-state index in [1.54, 1.807) is 38.5 Å². The zero-order chi connectivity index (χ0) is 36.2. The summed E-state index contributed by atoms with van der Waals surface area (Å²) < 4.78 is 76.5. The van der Waals surface area contributed by atoms with Gasteiger partial charge in [0.2, 0.25) is 5.95 Å². The van der Waals surface area contributed by atoms with E-state index in [1.807, 2.05) is 54.6 Å². The van der Waals surface area contributed by atoms with Crippen LogP contribution in [0.15, 0.2) is 114 Å². The van der Waals surface area contributed by atoms with Gasteiger partial charge >= 0.3 is 6.18 Å². The second-order valence-corrected chi connectivity index (χ2v) is 12.3. The fraction of sp³-hybridized carbons (Fsp3) is 0.225. The second kappa shape index (κ2) is 14.2. The van der Waals surface area contributed by atoms with Gasteiger partial charge in [-0.15, -0.1) is 0 Å². The summed E-state index contributed by atoms with van der Waals surface area (Å²) in [5.74, 6) is 6.19. The first kappa shape index (κ1) is 35.0. The highest BCUT2D eigenvalue weighted by atomic mass is 19.4. The summed E-state index contributed by atoms with van der Waals surface area (Å²) in [6.45, 7) is 1.49. The van der Waals surface area contributed by atoms with Crippen molar-refractivity contribution in [3.63, 3.8) is 0 Å². The number of aliphatic imine (C=N–C) groups is 1. The van der Waals surface area contributed by atoms with Gasteiger partial charge < -0.3 is 19.9 Å². The summed E-state index contributed by atoms with van der Waals surface area (Å²) in [6, 6.07) is 28.1. The topological polar surface area (TPSA) is 91.9 Å². The summed E-state index contributed by atoms with van der Waals surface area (Å²) in [5.41, 5.74) is 5.82. The molecule has 0 spiro atoms. The monoisotopic (exact) mass is 694 g/mol. The molecule has 51 heavy (non-hydrogen) atoms. The van der Waals surface area contributed by atoms with Gasteiger partial charge in [-0.3, -0.25) is 0 Å². The van der Waals surface area contributed by atoms with Crippen LogP contribution in [0.25, 0.3) is 0 Å². The standard InChI is InChI=1S/C40H34F4N4O3/c1-38(33-21-26(11-20-34(33)41)9-10-27-24-46-37(45)47-25-27)22-35(40(42,43)44)51-36(48-38)23-39(28-7-5-4-6-8-28,29-12-16-31(49-2)17-13-29)30-14-18-32(50-3)19-15-30/h4-8,11-21,24-25,35H,22-23H2,1-3H3,(H2,45,46,47)/t35-,38-/m0/s1. The predicted molar refractivity (Wildman–Crippen MR) is 186 cm³/mol. The fourth-order valence-corrected chi connectivity index (χ4v) is 6.42. The van der Waals surface area contributed by atoms with Crippen molar-refractivity contribution in [2.24, 2.45) is 4.99 Å². The number of hydrogen-bond acceptors (Lipinski definition) is 7. The van der Waals surface area contributed by atoms with Crippen LogP contribution in [0.2, 0.25) is 0 Å². The number of rotatable bonds is 8. The van der Waals surface area contributed by atoms with Gasteiger partial charge in [0.25, 0.3) is 0 Å². The molecule has 0 bridgehead atoms. The van der Waals surface area contributed by atoms with Crippen LogP contribution in [0.1, 0.15) is 53.1 Å². The molecule has 11 heteroatoms. The molecule has 0 saturated carbocycles. The number of nitrogens with zero attached hydrogens (tertiary/aromatic N) is 3. The third-order valence-corrected chi connectivity index (χ3v) is 9.02. The minimum absolute atomic E-state index is 0.0443. The molecule has 1 aliphatic heterocycles. The molecule has 0 fully saturated rings. The molecule has 1 aliphatic rings. The van der Waals surface area contributed by atoms with Crippen LogP contribution in [0.3, 0.4) is 0 Å². The molecule has 2 N–H and O–H groups in total. The molecular weight excluding hydrogens is 660 g/mol. The van der Waals surface area contributed by atoms with Gasteiger partial charge in [0.05, 0.1) is 30.7 Å². The Hall–Kier alpha value is -5.89. The van der Waals surface area contributed by atoms with Gasteiger partial charge in [-0.25, -0.2) is 19.4 Å². The molecule has 0 aliphatic carbocycles. The van der Waals surface area contributed by atoms with Crippen LogP contribution in [-0.2, 0) is 15.7 Å². The molecule has 5 aromatic rings. The highest BCUT2D eigenvalue weighted by molar-refractivity contribution is 5.82. The van der Waals surface area contributed by atoms with Crippen molar-refractivity contribution in [3.05, 3.63) is 149 Å². The number of nitrogen functional groups attached to an aromatic ring is 1. The van der Waals surface area contributed by atoms with E-state index in [4.69, 9.17) is 24.9 Å². The Labute approximate surface area is 293 Å². The molecule has 0 unspecified atom stereocenters. The smallest absolute Gasteiger partial charge is 0.425 e. The maximum Gasteiger partial charge on any atom is 0.425 e. The average Bonchev–Trinajstić information content (AvgIpc) is 3.14. The van der Waals surface area contributed by atoms with Crippen molar-refractivity contribution in [2.75, 3.05) is 20.0 Å². The van der Waals surface area contributed by atoms with Gasteiger partial charge in [-0.05, 0) is 66.1 Å². The number of anilines is 1. The quantitative estimate of drug-likeness (QED) is 0.101. The number of methoxy groups -OCH3 is 2. The Kier molecular flexibility index (Phi) is 9.70. The molecule has 0 radical (unpaired) electrons. The SMILES string of the molecule is COc1ccc(C(CC2=N[C@](C)(c3cc(C#Cc4cnc(N)nc4)ccc3F)C[C@@H](C(F)(F)F)O2)(c2ccccc2)c2ccc(OC)cc2)cc1. The Balaban J connectivity index is 1.53. The summed E-state index contributed by atoms with van der Waals surface area (Å²) in [4.78, 5) is 12.7. The third-order valence-electron chi connectivity index (χ3n) is 9.02. The summed E-state index contributed by atoms with van der Waals surface area (Å²) in [6.07, 6.45) is -4.94.